The molecule has 0 radical (unpaired) electrons. The van der Waals surface area contributed by atoms with Crippen molar-refractivity contribution < 1.29 is 29.0 Å². The van der Waals surface area contributed by atoms with Crippen molar-refractivity contribution in [2.24, 2.45) is 0 Å². The average molecular weight is 822 g/mol. The van der Waals surface area contributed by atoms with Crippen LogP contribution in [0, 0.1) is 0 Å². The first kappa shape index (κ1) is 50.1. The second-order valence-electron chi connectivity index (χ2n) is 9.96. The highest BCUT2D eigenvalue weighted by Gasteiger charge is 2.34. The Bertz CT molecular complexity index is 1200. The summed E-state index contributed by atoms with van der Waals surface area (Å²) < 4.78 is 0. The zero-order chi connectivity index (χ0) is 37.7. The maximum absolute atomic E-state index is 13.5. The van der Waals surface area contributed by atoms with E-state index in [1.807, 2.05) is 74.4 Å². The first-order chi connectivity index (χ1) is 23.2. The van der Waals surface area contributed by atoms with Gasteiger partial charge in [0.05, 0.1) is 51.0 Å². The molecule has 5 N–H and O–H groups in total. The zero-order valence-electron chi connectivity index (χ0n) is 31.2. The summed E-state index contributed by atoms with van der Waals surface area (Å²) in [6.45, 7) is 15.1. The molecule has 0 heterocycles. The van der Waals surface area contributed by atoms with Gasteiger partial charge in [0.25, 0.3) is 5.91 Å². The molecule has 1 aliphatic rings. The van der Waals surface area contributed by atoms with E-state index in [0.717, 1.165) is 30.8 Å². The van der Waals surface area contributed by atoms with Crippen molar-refractivity contribution in [3.05, 3.63) is 58.7 Å². The zero-order valence-corrected chi connectivity index (χ0v) is 35.2. The van der Waals surface area contributed by atoms with Crippen LogP contribution in [0.1, 0.15) is 92.6 Å². The van der Waals surface area contributed by atoms with Crippen molar-refractivity contribution in [2.75, 3.05) is 81.9 Å². The summed E-state index contributed by atoms with van der Waals surface area (Å²) in [6.07, 6.45) is 1.81. The van der Waals surface area contributed by atoms with Crippen LogP contribution in [0.2, 0.25) is 0 Å². The number of thiol groups is 1. The maximum Gasteiger partial charge on any atom is 0.275 e. The topological polar surface area (TPSA) is 113 Å². The third kappa shape index (κ3) is 17.9. The van der Waals surface area contributed by atoms with Crippen molar-refractivity contribution in [2.45, 2.75) is 60.8 Å². The molecule has 0 bridgehead atoms. The third-order valence-corrected chi connectivity index (χ3v) is 6.65. The molecule has 2 amide bonds. The molecule has 0 saturated heterocycles. The Hall–Kier alpha value is -2.25. The highest BCUT2D eigenvalue weighted by Crippen LogP contribution is 2.36. The van der Waals surface area contributed by atoms with Crippen LogP contribution in [0.25, 0.3) is 0 Å². The van der Waals surface area contributed by atoms with Crippen LogP contribution >= 0.6 is 44.5 Å². The Kier molecular flexibility index (Phi) is 33.4. The summed E-state index contributed by atoms with van der Waals surface area (Å²) in [6, 6.07) is 10.2. The number of nitrogens with one attached hydrogen (secondary N) is 5. The first-order valence-corrected chi connectivity index (χ1v) is 20.7. The molecular weight excluding hydrogens is 758 g/mol. The van der Waals surface area contributed by atoms with Gasteiger partial charge in [-0.25, -0.2) is 0 Å². The standard InChI is InChI=1S/C28H37N5O4S.3C2H6.2CH3Br/c1-32(2)15-6-10-23(34)31-22-12-11-21(29-13-7-16-33(3)18-24(35)30-14-17-38)25-26(22)28(37)20-9-5-4-8-19(20)27(25)36;5*1-2/h4-5,8-9,11-12,29,38H,6-7,10,13-18H2,1-3H3,(H,30,35)(H,31,34);3*1-2H3;2*1H3/p+2. The van der Waals surface area contributed by atoms with Crippen molar-refractivity contribution in [3.8, 4) is 0 Å². The van der Waals surface area contributed by atoms with Gasteiger partial charge in [0, 0.05) is 54.9 Å². The highest BCUT2D eigenvalue weighted by molar-refractivity contribution is 9.09. The minimum absolute atomic E-state index is 0.0121. The molecule has 2 aromatic carbocycles. The number of fused-ring (bicyclic) bond motifs is 2. The molecule has 9 nitrogen and oxygen atoms in total. The van der Waals surface area contributed by atoms with Gasteiger partial charge in [-0.15, -0.1) is 0 Å². The largest absolute Gasteiger partial charge is 0.384 e. The van der Waals surface area contributed by atoms with E-state index in [9.17, 15) is 19.2 Å². The van der Waals surface area contributed by atoms with Crippen LogP contribution in [0.4, 0.5) is 11.4 Å². The third-order valence-electron chi connectivity index (χ3n) is 6.42. The summed E-state index contributed by atoms with van der Waals surface area (Å²) in [5.41, 5.74) is 2.14. The van der Waals surface area contributed by atoms with E-state index in [-0.39, 0.29) is 34.5 Å². The summed E-state index contributed by atoms with van der Waals surface area (Å²) in [5, 5.41) is 9.00. The fourth-order valence-corrected chi connectivity index (χ4v) is 4.63. The molecule has 1 atom stereocenters. The smallest absolute Gasteiger partial charge is 0.275 e. The number of alkyl halides is 2. The van der Waals surface area contributed by atoms with E-state index < -0.39 is 0 Å². The number of halogens is 2. The summed E-state index contributed by atoms with van der Waals surface area (Å²) in [7, 11) is 6.02. The van der Waals surface area contributed by atoms with Gasteiger partial charge in [0.15, 0.2) is 18.1 Å². The van der Waals surface area contributed by atoms with Crippen LogP contribution in [0.3, 0.4) is 0 Å². The van der Waals surface area contributed by atoms with Gasteiger partial charge in [-0.3, -0.25) is 19.2 Å². The number of likely N-dealkylation sites (N-methyl/N-ethyl adjacent to an activating group) is 1. The van der Waals surface area contributed by atoms with Gasteiger partial charge in [0.1, 0.15) is 0 Å². The lowest BCUT2D eigenvalue weighted by atomic mass is 9.82. The molecule has 1 unspecified atom stereocenters. The second-order valence-corrected chi connectivity index (χ2v) is 10.4. The Morgan fingerprint density at radius 3 is 1.71 bits per heavy atom. The van der Waals surface area contributed by atoms with Gasteiger partial charge in [-0.05, 0) is 23.8 Å². The SMILES string of the molecule is CBr.CBr.CC.CC.CC.C[NH+](C)CCCC(=O)Nc1ccc(NCCC[NH+](C)CC(=O)NCCS)c2c1C(=O)c1ccccc1C2=O. The number of rotatable bonds is 14. The molecule has 274 valence electrons. The van der Waals surface area contributed by atoms with Crippen LogP contribution in [-0.2, 0) is 9.59 Å². The summed E-state index contributed by atoms with van der Waals surface area (Å²) in [4.78, 5) is 53.9. The number of hydrogen-bond donors (Lipinski definition) is 6. The van der Waals surface area contributed by atoms with E-state index in [2.05, 4.69) is 60.4 Å². The lowest BCUT2D eigenvalue weighted by Gasteiger charge is -2.23. The second kappa shape index (κ2) is 32.0. The normalized spacial score (nSPS) is 11.0. The van der Waals surface area contributed by atoms with Crippen LogP contribution in [0.15, 0.2) is 36.4 Å². The number of carbonyl (C=O) groups excluding carboxylic acids is 4. The van der Waals surface area contributed by atoms with Crippen LogP contribution in [-0.4, -0.2) is 94.7 Å². The van der Waals surface area contributed by atoms with Crippen molar-refractivity contribution in [1.29, 1.82) is 0 Å². The summed E-state index contributed by atoms with van der Waals surface area (Å²) >= 11 is 9.97. The van der Waals surface area contributed by atoms with Gasteiger partial charge in [0.2, 0.25) is 5.91 Å². The predicted octanol–water partition coefficient (Wildman–Crippen LogP) is 4.79. The van der Waals surface area contributed by atoms with E-state index >= 15 is 0 Å². The number of hydrogen-bond acceptors (Lipinski definition) is 6. The monoisotopic (exact) mass is 819 g/mol. The Balaban J connectivity index is -0.00000185. The van der Waals surface area contributed by atoms with Crippen molar-refractivity contribution in [3.63, 3.8) is 0 Å². The summed E-state index contributed by atoms with van der Waals surface area (Å²) in [5.74, 6) is 3.52. The highest BCUT2D eigenvalue weighted by atomic mass is 79.9. The molecule has 0 aromatic heterocycles. The minimum Gasteiger partial charge on any atom is -0.384 e. The van der Waals surface area contributed by atoms with Gasteiger partial charge in [-0.2, -0.15) is 12.6 Å². The Labute approximate surface area is 313 Å². The number of benzene rings is 2. The molecule has 12 heteroatoms. The van der Waals surface area contributed by atoms with Gasteiger partial charge in [-0.1, -0.05) is 97.7 Å². The predicted molar refractivity (Wildman–Crippen MR) is 216 cm³/mol. The Morgan fingerprint density at radius 2 is 1.21 bits per heavy atom. The van der Waals surface area contributed by atoms with Crippen LogP contribution < -0.4 is 25.8 Å². The molecule has 0 fully saturated rings. The van der Waals surface area contributed by atoms with E-state index in [4.69, 9.17) is 0 Å². The number of quaternary nitrogens is 2. The number of amides is 2. The lowest BCUT2D eigenvalue weighted by Crippen LogP contribution is -3.10. The quantitative estimate of drug-likeness (QED) is 0.0797. The van der Waals surface area contributed by atoms with Gasteiger partial charge >= 0.3 is 0 Å². The molecule has 1 aliphatic carbocycles. The fraction of sp³-hybridized carbons (Fsp3) is 0.556. The van der Waals surface area contributed by atoms with Crippen molar-refractivity contribution in [1.82, 2.24) is 5.32 Å². The lowest BCUT2D eigenvalue weighted by molar-refractivity contribution is -0.871. The van der Waals surface area contributed by atoms with E-state index in [1.165, 1.54) is 4.90 Å². The van der Waals surface area contributed by atoms with E-state index in [0.29, 0.717) is 54.3 Å². The van der Waals surface area contributed by atoms with Gasteiger partial charge < -0.3 is 25.8 Å². The molecule has 2 aromatic rings. The number of anilines is 2. The molecule has 3 rings (SSSR count). The average Bonchev–Trinajstić information content (AvgIpc) is 3.12. The number of carbonyl (C=O) groups is 4. The first-order valence-electron chi connectivity index (χ1n) is 16.9. The molecule has 0 spiro atoms. The Morgan fingerprint density at radius 1 is 0.708 bits per heavy atom. The van der Waals surface area contributed by atoms with Crippen molar-refractivity contribution >= 4 is 79.2 Å². The maximum atomic E-state index is 13.5. The van der Waals surface area contributed by atoms with Crippen LogP contribution in [0.5, 0.6) is 0 Å². The molecule has 0 aliphatic heterocycles. The molecule has 48 heavy (non-hydrogen) atoms. The number of ketones is 2. The van der Waals surface area contributed by atoms with E-state index in [1.54, 1.807) is 36.4 Å². The minimum atomic E-state index is -0.275. The molecular formula is C36H63Br2N5O4S+2. The molecule has 0 saturated carbocycles. The fourth-order valence-electron chi connectivity index (χ4n) is 4.52.